The molecule has 3 nitrogen and oxygen atoms in total. The van der Waals surface area contributed by atoms with E-state index >= 15 is 0 Å². The molecule has 0 aromatic carbocycles. The van der Waals surface area contributed by atoms with Crippen molar-refractivity contribution in [1.29, 1.82) is 0 Å². The van der Waals surface area contributed by atoms with Crippen LogP contribution in [0.4, 0.5) is 5.13 Å². The molecule has 0 saturated heterocycles. The van der Waals surface area contributed by atoms with Crippen molar-refractivity contribution in [2.24, 2.45) is 0 Å². The Balaban J connectivity index is 2.41. The van der Waals surface area contributed by atoms with E-state index in [1.165, 1.54) is 0 Å². The third-order valence-corrected chi connectivity index (χ3v) is 2.30. The van der Waals surface area contributed by atoms with Crippen molar-refractivity contribution in [2.45, 2.75) is 32.7 Å². The van der Waals surface area contributed by atoms with Gasteiger partial charge in [-0.25, -0.2) is 0 Å². The highest BCUT2D eigenvalue weighted by molar-refractivity contribution is 7.13. The molecule has 0 spiro atoms. The standard InChI is InChI=1S/C7H13N3S/c1-3-6(4-2)9-7-10-8-5-11-7/h5-6H,3-4H2,1-2H3,(H,9,10). The van der Waals surface area contributed by atoms with Gasteiger partial charge in [0.2, 0.25) is 5.13 Å². The zero-order valence-electron chi connectivity index (χ0n) is 6.87. The smallest absolute Gasteiger partial charge is 0.205 e. The second-order valence-electron chi connectivity index (χ2n) is 2.40. The maximum atomic E-state index is 3.91. The Bertz CT molecular complexity index is 182. The van der Waals surface area contributed by atoms with Gasteiger partial charge in [0.1, 0.15) is 5.51 Å². The molecule has 0 aliphatic rings. The van der Waals surface area contributed by atoms with E-state index < -0.39 is 0 Å². The van der Waals surface area contributed by atoms with Gasteiger partial charge >= 0.3 is 0 Å². The number of nitrogens with zero attached hydrogens (tertiary/aromatic N) is 2. The monoisotopic (exact) mass is 171 g/mol. The third kappa shape index (κ3) is 2.46. The molecule has 62 valence electrons. The van der Waals surface area contributed by atoms with Crippen LogP contribution < -0.4 is 5.32 Å². The van der Waals surface area contributed by atoms with Crippen molar-refractivity contribution >= 4 is 16.5 Å². The normalized spacial score (nSPS) is 10.5. The lowest BCUT2D eigenvalue weighted by atomic mass is 10.2. The van der Waals surface area contributed by atoms with Crippen LogP contribution >= 0.6 is 11.3 Å². The Morgan fingerprint density at radius 3 is 2.73 bits per heavy atom. The molecule has 0 amide bonds. The number of rotatable bonds is 4. The average Bonchev–Trinajstić information content (AvgIpc) is 2.52. The van der Waals surface area contributed by atoms with Gasteiger partial charge < -0.3 is 5.32 Å². The first-order valence-corrected chi connectivity index (χ1v) is 4.77. The summed E-state index contributed by atoms with van der Waals surface area (Å²) in [7, 11) is 0. The molecule has 0 bridgehead atoms. The Kier molecular flexibility index (Phi) is 3.29. The third-order valence-electron chi connectivity index (χ3n) is 1.67. The molecule has 0 radical (unpaired) electrons. The first-order chi connectivity index (χ1) is 5.36. The molecule has 1 N–H and O–H groups in total. The van der Waals surface area contributed by atoms with Crippen LogP contribution in [0.15, 0.2) is 5.51 Å². The minimum absolute atomic E-state index is 0.544. The topological polar surface area (TPSA) is 37.8 Å². The zero-order valence-corrected chi connectivity index (χ0v) is 7.69. The van der Waals surface area contributed by atoms with Crippen LogP contribution in [0.2, 0.25) is 0 Å². The fourth-order valence-corrected chi connectivity index (χ4v) is 1.43. The second kappa shape index (κ2) is 4.28. The minimum Gasteiger partial charge on any atom is -0.357 e. The summed E-state index contributed by atoms with van der Waals surface area (Å²) in [6.45, 7) is 4.34. The van der Waals surface area contributed by atoms with E-state index in [1.807, 2.05) is 0 Å². The van der Waals surface area contributed by atoms with Crippen LogP contribution in [0.5, 0.6) is 0 Å². The molecular weight excluding hydrogens is 158 g/mol. The van der Waals surface area contributed by atoms with Crippen molar-refractivity contribution in [2.75, 3.05) is 5.32 Å². The Morgan fingerprint density at radius 2 is 2.27 bits per heavy atom. The van der Waals surface area contributed by atoms with E-state index in [9.17, 15) is 0 Å². The van der Waals surface area contributed by atoms with Gasteiger partial charge in [-0.05, 0) is 12.8 Å². The highest BCUT2D eigenvalue weighted by Gasteiger charge is 2.03. The van der Waals surface area contributed by atoms with E-state index in [-0.39, 0.29) is 0 Å². The molecule has 1 aromatic rings. The van der Waals surface area contributed by atoms with Crippen molar-refractivity contribution in [3.8, 4) is 0 Å². The highest BCUT2D eigenvalue weighted by Crippen LogP contribution is 2.12. The summed E-state index contributed by atoms with van der Waals surface area (Å²) in [5, 5.41) is 11.9. The van der Waals surface area contributed by atoms with Gasteiger partial charge in [-0.2, -0.15) is 0 Å². The molecule has 0 aliphatic heterocycles. The average molecular weight is 171 g/mol. The first-order valence-electron chi connectivity index (χ1n) is 3.89. The summed E-state index contributed by atoms with van der Waals surface area (Å²) in [6.07, 6.45) is 2.27. The SMILES string of the molecule is CCC(CC)Nc1nncs1. The lowest BCUT2D eigenvalue weighted by Crippen LogP contribution is -2.16. The number of hydrogen-bond acceptors (Lipinski definition) is 4. The second-order valence-corrected chi connectivity index (χ2v) is 3.23. The van der Waals surface area contributed by atoms with Crippen LogP contribution in [0.3, 0.4) is 0 Å². The number of aromatic nitrogens is 2. The summed E-state index contributed by atoms with van der Waals surface area (Å²) >= 11 is 1.55. The molecule has 1 aromatic heterocycles. The molecule has 1 rings (SSSR count). The zero-order chi connectivity index (χ0) is 8.10. The number of nitrogens with one attached hydrogen (secondary N) is 1. The fourth-order valence-electron chi connectivity index (χ4n) is 0.903. The van der Waals surface area contributed by atoms with E-state index in [1.54, 1.807) is 16.8 Å². The minimum atomic E-state index is 0.544. The molecule has 0 atom stereocenters. The number of hydrogen-bond donors (Lipinski definition) is 1. The molecule has 11 heavy (non-hydrogen) atoms. The first kappa shape index (κ1) is 8.46. The lowest BCUT2D eigenvalue weighted by Gasteiger charge is -2.12. The maximum Gasteiger partial charge on any atom is 0.205 e. The van der Waals surface area contributed by atoms with Gasteiger partial charge in [0.25, 0.3) is 0 Å². The van der Waals surface area contributed by atoms with E-state index in [4.69, 9.17) is 0 Å². The van der Waals surface area contributed by atoms with Crippen LogP contribution in [0, 0.1) is 0 Å². The summed E-state index contributed by atoms with van der Waals surface area (Å²) in [5.74, 6) is 0. The van der Waals surface area contributed by atoms with Crippen LogP contribution in [0.25, 0.3) is 0 Å². The van der Waals surface area contributed by atoms with Gasteiger partial charge in [0.15, 0.2) is 0 Å². The molecule has 0 unspecified atom stereocenters. The lowest BCUT2D eigenvalue weighted by molar-refractivity contribution is 0.669. The molecule has 4 heteroatoms. The molecule has 1 heterocycles. The van der Waals surface area contributed by atoms with Crippen LogP contribution in [-0.2, 0) is 0 Å². The predicted molar refractivity (Wildman–Crippen MR) is 47.9 cm³/mol. The van der Waals surface area contributed by atoms with Crippen molar-refractivity contribution < 1.29 is 0 Å². The van der Waals surface area contributed by atoms with E-state index in [2.05, 4.69) is 29.4 Å². The molecule has 0 fully saturated rings. The van der Waals surface area contributed by atoms with Crippen molar-refractivity contribution in [1.82, 2.24) is 10.2 Å². The Hall–Kier alpha value is -0.640. The van der Waals surface area contributed by atoms with Crippen molar-refractivity contribution in [3.05, 3.63) is 5.51 Å². The van der Waals surface area contributed by atoms with E-state index in [0.717, 1.165) is 18.0 Å². The van der Waals surface area contributed by atoms with E-state index in [0.29, 0.717) is 6.04 Å². The summed E-state index contributed by atoms with van der Waals surface area (Å²) in [6, 6.07) is 0.544. The molecule has 0 saturated carbocycles. The summed E-state index contributed by atoms with van der Waals surface area (Å²) in [4.78, 5) is 0. The Morgan fingerprint density at radius 1 is 1.55 bits per heavy atom. The van der Waals surface area contributed by atoms with Gasteiger partial charge in [-0.15, -0.1) is 10.2 Å². The van der Waals surface area contributed by atoms with Gasteiger partial charge in [0.05, 0.1) is 0 Å². The van der Waals surface area contributed by atoms with Crippen LogP contribution in [0.1, 0.15) is 26.7 Å². The molecular formula is C7H13N3S. The Labute approximate surface area is 70.9 Å². The van der Waals surface area contributed by atoms with Crippen molar-refractivity contribution in [3.63, 3.8) is 0 Å². The summed E-state index contributed by atoms with van der Waals surface area (Å²) < 4.78 is 0. The van der Waals surface area contributed by atoms with Gasteiger partial charge in [0, 0.05) is 6.04 Å². The summed E-state index contributed by atoms with van der Waals surface area (Å²) in [5.41, 5.74) is 1.74. The quantitative estimate of drug-likeness (QED) is 0.754. The highest BCUT2D eigenvalue weighted by atomic mass is 32.1. The predicted octanol–water partition coefficient (Wildman–Crippen LogP) is 2.14. The fraction of sp³-hybridized carbons (Fsp3) is 0.714. The van der Waals surface area contributed by atoms with Gasteiger partial charge in [-0.3, -0.25) is 0 Å². The van der Waals surface area contributed by atoms with Crippen LogP contribution in [-0.4, -0.2) is 16.2 Å². The van der Waals surface area contributed by atoms with Gasteiger partial charge in [-0.1, -0.05) is 25.2 Å². The largest absolute Gasteiger partial charge is 0.357 e. The maximum absolute atomic E-state index is 3.91. The number of anilines is 1. The molecule has 0 aliphatic carbocycles.